The molecule has 0 unspecified atom stereocenters. The molecular formula is C17H16N4O2. The maximum atomic E-state index is 12.3. The molecule has 1 amide bonds. The van der Waals surface area contributed by atoms with Crippen molar-refractivity contribution in [3.05, 3.63) is 53.6 Å². The summed E-state index contributed by atoms with van der Waals surface area (Å²) in [5, 5.41) is 10.9. The number of aryl methyl sites for hydroxylation is 1. The largest absolute Gasteiger partial charge is 0.322 e. The quantitative estimate of drug-likeness (QED) is 0.752. The highest BCUT2D eigenvalue weighted by Gasteiger charge is 2.10. The summed E-state index contributed by atoms with van der Waals surface area (Å²) in [4.78, 5) is 23.6. The fraction of sp³-hybridized carbons (Fsp3) is 0.176. The molecule has 1 N–H and O–H groups in total. The van der Waals surface area contributed by atoms with Gasteiger partial charge in [0.05, 0.1) is 5.52 Å². The molecule has 0 saturated heterocycles. The lowest BCUT2D eigenvalue weighted by molar-refractivity contribution is 0.101. The minimum Gasteiger partial charge on any atom is -0.322 e. The summed E-state index contributed by atoms with van der Waals surface area (Å²) in [7, 11) is 0. The lowest BCUT2D eigenvalue weighted by Crippen LogP contribution is -2.12. The summed E-state index contributed by atoms with van der Waals surface area (Å²) in [6.07, 6.45) is 0. The van der Waals surface area contributed by atoms with Crippen LogP contribution in [0, 0.1) is 0 Å². The molecule has 0 spiro atoms. The maximum Gasteiger partial charge on any atom is 0.255 e. The summed E-state index contributed by atoms with van der Waals surface area (Å²) in [5.74, 6) is -0.235. The predicted molar refractivity (Wildman–Crippen MR) is 87.6 cm³/mol. The third-order valence-electron chi connectivity index (χ3n) is 3.62. The number of Topliss-reactive ketones (excluding diaryl/α,β-unsaturated/α-hetero) is 1. The highest BCUT2D eigenvalue weighted by molar-refractivity contribution is 6.06. The van der Waals surface area contributed by atoms with Crippen molar-refractivity contribution in [1.29, 1.82) is 0 Å². The summed E-state index contributed by atoms with van der Waals surface area (Å²) in [6, 6.07) is 12.1. The molecule has 0 atom stereocenters. The van der Waals surface area contributed by atoms with E-state index >= 15 is 0 Å². The summed E-state index contributed by atoms with van der Waals surface area (Å²) < 4.78 is 1.78. The molecule has 2 aromatic carbocycles. The molecule has 1 heterocycles. The lowest BCUT2D eigenvalue weighted by Gasteiger charge is -2.06. The number of nitrogens with zero attached hydrogens (tertiary/aromatic N) is 3. The second-order valence-corrected chi connectivity index (χ2v) is 5.20. The molecule has 116 valence electrons. The maximum absolute atomic E-state index is 12.3. The first-order valence-corrected chi connectivity index (χ1v) is 7.34. The Balaban J connectivity index is 1.81. The SMILES string of the molecule is CCn1nnc2cc(C(=O)Nc3ccc(C(C)=O)cc3)ccc21. The average Bonchev–Trinajstić information content (AvgIpc) is 2.97. The Kier molecular flexibility index (Phi) is 3.89. The molecule has 3 aromatic rings. The van der Waals surface area contributed by atoms with Gasteiger partial charge in [-0.3, -0.25) is 9.59 Å². The van der Waals surface area contributed by atoms with Crippen molar-refractivity contribution in [3.63, 3.8) is 0 Å². The fourth-order valence-electron chi connectivity index (χ4n) is 2.34. The fourth-order valence-corrected chi connectivity index (χ4v) is 2.34. The predicted octanol–water partition coefficient (Wildman–Crippen LogP) is 2.91. The Morgan fingerprint density at radius 1 is 1.09 bits per heavy atom. The van der Waals surface area contributed by atoms with Gasteiger partial charge in [-0.25, -0.2) is 4.68 Å². The van der Waals surface area contributed by atoms with Crippen molar-refractivity contribution in [2.24, 2.45) is 0 Å². The molecule has 6 nitrogen and oxygen atoms in total. The van der Waals surface area contributed by atoms with E-state index in [-0.39, 0.29) is 11.7 Å². The first-order valence-electron chi connectivity index (χ1n) is 7.34. The van der Waals surface area contributed by atoms with Gasteiger partial charge in [0.25, 0.3) is 5.91 Å². The van der Waals surface area contributed by atoms with Gasteiger partial charge in [-0.2, -0.15) is 0 Å². The van der Waals surface area contributed by atoms with E-state index in [0.29, 0.717) is 22.3 Å². The monoisotopic (exact) mass is 308 g/mol. The van der Waals surface area contributed by atoms with Crippen LogP contribution in [-0.4, -0.2) is 26.7 Å². The molecule has 6 heteroatoms. The van der Waals surface area contributed by atoms with Crippen LogP contribution in [-0.2, 0) is 6.54 Å². The van der Waals surface area contributed by atoms with Crippen LogP contribution in [0.2, 0.25) is 0 Å². The van der Waals surface area contributed by atoms with E-state index in [9.17, 15) is 9.59 Å². The summed E-state index contributed by atoms with van der Waals surface area (Å²) in [5.41, 5.74) is 3.34. The number of rotatable bonds is 4. The van der Waals surface area contributed by atoms with Crippen LogP contribution in [0.1, 0.15) is 34.6 Å². The van der Waals surface area contributed by atoms with Crippen LogP contribution < -0.4 is 5.32 Å². The molecule has 0 saturated carbocycles. The van der Waals surface area contributed by atoms with Crippen molar-refractivity contribution in [2.45, 2.75) is 20.4 Å². The minimum absolute atomic E-state index is 0.00709. The Labute approximate surface area is 133 Å². The smallest absolute Gasteiger partial charge is 0.255 e. The molecule has 3 rings (SSSR count). The zero-order valence-electron chi connectivity index (χ0n) is 12.9. The standard InChI is InChI=1S/C17H16N4O2/c1-3-21-16-9-6-13(10-15(16)19-20-21)17(23)18-14-7-4-12(5-8-14)11(2)22/h4-10H,3H2,1-2H3,(H,18,23). The van der Waals surface area contributed by atoms with Gasteiger partial charge in [-0.15, -0.1) is 5.10 Å². The first kappa shape index (κ1) is 14.9. The third-order valence-corrected chi connectivity index (χ3v) is 3.62. The number of aromatic nitrogens is 3. The van der Waals surface area contributed by atoms with E-state index in [1.54, 1.807) is 41.1 Å². The zero-order valence-corrected chi connectivity index (χ0v) is 12.9. The number of benzene rings is 2. The van der Waals surface area contributed by atoms with Gasteiger partial charge in [0.15, 0.2) is 5.78 Å². The Hall–Kier alpha value is -3.02. The van der Waals surface area contributed by atoms with E-state index in [1.165, 1.54) is 6.92 Å². The molecule has 0 aliphatic rings. The Bertz CT molecular complexity index is 881. The molecule has 1 aromatic heterocycles. The second-order valence-electron chi connectivity index (χ2n) is 5.20. The van der Waals surface area contributed by atoms with E-state index < -0.39 is 0 Å². The van der Waals surface area contributed by atoms with Gasteiger partial charge in [0.2, 0.25) is 0 Å². The van der Waals surface area contributed by atoms with Crippen LogP contribution >= 0.6 is 0 Å². The van der Waals surface area contributed by atoms with Crippen molar-refractivity contribution < 1.29 is 9.59 Å². The second kappa shape index (κ2) is 6.00. The van der Waals surface area contributed by atoms with Gasteiger partial charge in [0.1, 0.15) is 5.52 Å². The average molecular weight is 308 g/mol. The highest BCUT2D eigenvalue weighted by Crippen LogP contribution is 2.16. The molecule has 0 aliphatic carbocycles. The molecule has 23 heavy (non-hydrogen) atoms. The van der Waals surface area contributed by atoms with Crippen LogP contribution in [0.3, 0.4) is 0 Å². The molecular weight excluding hydrogens is 292 g/mol. The van der Waals surface area contributed by atoms with Crippen molar-refractivity contribution >= 4 is 28.4 Å². The number of anilines is 1. The molecule has 0 fully saturated rings. The minimum atomic E-state index is -0.228. The number of ketones is 1. The van der Waals surface area contributed by atoms with Crippen LogP contribution in [0.5, 0.6) is 0 Å². The molecule has 0 radical (unpaired) electrons. The number of carbonyl (C=O) groups excluding carboxylic acids is 2. The number of hydrogen-bond acceptors (Lipinski definition) is 4. The Morgan fingerprint density at radius 3 is 2.43 bits per heavy atom. The molecule has 0 bridgehead atoms. The zero-order chi connectivity index (χ0) is 16.4. The van der Waals surface area contributed by atoms with E-state index in [1.807, 2.05) is 13.0 Å². The topological polar surface area (TPSA) is 76.9 Å². The Morgan fingerprint density at radius 2 is 1.78 bits per heavy atom. The van der Waals surface area contributed by atoms with Gasteiger partial charge >= 0.3 is 0 Å². The van der Waals surface area contributed by atoms with Gasteiger partial charge in [0, 0.05) is 23.4 Å². The van der Waals surface area contributed by atoms with E-state index in [2.05, 4.69) is 15.6 Å². The van der Waals surface area contributed by atoms with E-state index in [4.69, 9.17) is 0 Å². The van der Waals surface area contributed by atoms with Crippen LogP contribution in [0.15, 0.2) is 42.5 Å². The van der Waals surface area contributed by atoms with Gasteiger partial charge < -0.3 is 5.32 Å². The van der Waals surface area contributed by atoms with Gasteiger partial charge in [-0.05, 0) is 56.3 Å². The third kappa shape index (κ3) is 2.96. The number of nitrogens with one attached hydrogen (secondary N) is 1. The summed E-state index contributed by atoms with van der Waals surface area (Å²) >= 11 is 0. The van der Waals surface area contributed by atoms with Crippen molar-refractivity contribution in [3.8, 4) is 0 Å². The molecule has 0 aliphatic heterocycles. The van der Waals surface area contributed by atoms with E-state index in [0.717, 1.165) is 12.1 Å². The van der Waals surface area contributed by atoms with Crippen LogP contribution in [0.4, 0.5) is 5.69 Å². The normalized spacial score (nSPS) is 10.7. The number of fused-ring (bicyclic) bond motifs is 1. The van der Waals surface area contributed by atoms with Gasteiger partial charge in [-0.1, -0.05) is 5.21 Å². The number of hydrogen-bond donors (Lipinski definition) is 1. The van der Waals surface area contributed by atoms with Crippen molar-refractivity contribution in [1.82, 2.24) is 15.0 Å². The first-order chi connectivity index (χ1) is 11.1. The van der Waals surface area contributed by atoms with Crippen molar-refractivity contribution in [2.75, 3.05) is 5.32 Å². The summed E-state index contributed by atoms with van der Waals surface area (Å²) in [6.45, 7) is 4.22. The highest BCUT2D eigenvalue weighted by atomic mass is 16.1. The number of amides is 1. The lowest BCUT2D eigenvalue weighted by atomic mass is 10.1. The number of carbonyl (C=O) groups is 2. The van der Waals surface area contributed by atoms with Crippen LogP contribution in [0.25, 0.3) is 11.0 Å².